The molecule has 0 spiro atoms. The van der Waals surface area contributed by atoms with Gasteiger partial charge in [-0.05, 0) is 54.0 Å². The maximum atomic E-state index is 5.51. The fraction of sp³-hybridized carbons (Fsp3) is 0.294. The molecule has 0 aromatic heterocycles. The van der Waals surface area contributed by atoms with Crippen molar-refractivity contribution in [3.63, 3.8) is 0 Å². The molecule has 0 atom stereocenters. The summed E-state index contributed by atoms with van der Waals surface area (Å²) < 4.78 is 5.51. The van der Waals surface area contributed by atoms with Crippen molar-refractivity contribution in [2.45, 2.75) is 25.7 Å². The summed E-state index contributed by atoms with van der Waals surface area (Å²) in [5.41, 5.74) is 5.50. The Hall–Kier alpha value is -1.76. The molecule has 1 heteroatoms. The Morgan fingerprint density at radius 3 is 1.94 bits per heavy atom. The summed E-state index contributed by atoms with van der Waals surface area (Å²) in [6.45, 7) is 0. The topological polar surface area (TPSA) is 9.23 Å². The largest absolute Gasteiger partial charge is 0.496 e. The first-order chi connectivity index (χ1) is 8.85. The van der Waals surface area contributed by atoms with Gasteiger partial charge in [0.25, 0.3) is 0 Å². The van der Waals surface area contributed by atoms with Crippen LogP contribution in [0.4, 0.5) is 0 Å². The average molecular weight is 238 g/mol. The molecular weight excluding hydrogens is 220 g/mol. The van der Waals surface area contributed by atoms with Crippen molar-refractivity contribution in [3.05, 3.63) is 64.7 Å². The minimum absolute atomic E-state index is 1.04. The van der Waals surface area contributed by atoms with Crippen molar-refractivity contribution in [2.24, 2.45) is 0 Å². The van der Waals surface area contributed by atoms with E-state index in [0.29, 0.717) is 0 Å². The van der Waals surface area contributed by atoms with Crippen LogP contribution in [0.2, 0.25) is 0 Å². The van der Waals surface area contributed by atoms with Crippen molar-refractivity contribution in [3.8, 4) is 5.75 Å². The van der Waals surface area contributed by atoms with Crippen LogP contribution in [0.15, 0.2) is 42.5 Å². The molecular formula is C17H18O. The summed E-state index contributed by atoms with van der Waals surface area (Å²) in [6.07, 6.45) is 4.30. The summed E-state index contributed by atoms with van der Waals surface area (Å²) in [6, 6.07) is 15.7. The molecule has 0 amide bonds. The van der Waals surface area contributed by atoms with Gasteiger partial charge in [0.15, 0.2) is 0 Å². The fourth-order valence-corrected chi connectivity index (χ4v) is 2.59. The van der Waals surface area contributed by atoms with E-state index >= 15 is 0 Å². The van der Waals surface area contributed by atoms with Crippen molar-refractivity contribution in [2.75, 3.05) is 7.11 Å². The van der Waals surface area contributed by atoms with Gasteiger partial charge in [-0.25, -0.2) is 0 Å². The van der Waals surface area contributed by atoms with Crippen molar-refractivity contribution in [1.29, 1.82) is 0 Å². The lowest BCUT2D eigenvalue weighted by atomic mass is 9.96. The highest BCUT2D eigenvalue weighted by Crippen LogP contribution is 2.24. The number of rotatable bonds is 1. The Kier molecular flexibility index (Phi) is 3.06. The first kappa shape index (κ1) is 11.3. The van der Waals surface area contributed by atoms with Gasteiger partial charge in [0, 0.05) is 0 Å². The molecule has 4 bridgehead atoms. The van der Waals surface area contributed by atoms with E-state index in [2.05, 4.69) is 42.5 Å². The Labute approximate surface area is 108 Å². The Morgan fingerprint density at radius 2 is 1.28 bits per heavy atom. The van der Waals surface area contributed by atoms with Crippen LogP contribution in [0.3, 0.4) is 0 Å². The highest BCUT2D eigenvalue weighted by atomic mass is 16.5. The first-order valence-corrected chi connectivity index (χ1v) is 6.59. The second-order valence-corrected chi connectivity index (χ2v) is 4.96. The van der Waals surface area contributed by atoms with E-state index in [-0.39, 0.29) is 0 Å². The van der Waals surface area contributed by atoms with Crippen LogP contribution < -0.4 is 4.74 Å². The van der Waals surface area contributed by atoms with Gasteiger partial charge in [-0.2, -0.15) is 0 Å². The van der Waals surface area contributed by atoms with Crippen molar-refractivity contribution in [1.82, 2.24) is 0 Å². The van der Waals surface area contributed by atoms with Crippen LogP contribution in [-0.4, -0.2) is 7.11 Å². The van der Waals surface area contributed by atoms with Gasteiger partial charge < -0.3 is 4.74 Å². The van der Waals surface area contributed by atoms with Crippen LogP contribution in [0, 0.1) is 0 Å². The molecule has 0 saturated heterocycles. The molecule has 6 rings (SSSR count). The number of hydrogen-bond acceptors (Lipinski definition) is 1. The summed E-state index contributed by atoms with van der Waals surface area (Å²) in [7, 11) is 1.77. The highest BCUT2D eigenvalue weighted by molar-refractivity contribution is 5.39. The molecule has 92 valence electrons. The van der Waals surface area contributed by atoms with E-state index < -0.39 is 0 Å². The van der Waals surface area contributed by atoms with Crippen LogP contribution in [0.5, 0.6) is 5.75 Å². The van der Waals surface area contributed by atoms with Crippen LogP contribution >= 0.6 is 0 Å². The van der Waals surface area contributed by atoms with E-state index in [1.807, 2.05) is 0 Å². The van der Waals surface area contributed by atoms with Crippen LogP contribution in [0.25, 0.3) is 0 Å². The number of ether oxygens (including phenoxy) is 1. The standard InChI is InChI=1S/C17H18O/c1-18-17-12-15-7-6-13-2-4-14(5-3-13)8-10-16(17)11-9-15/h2-5,9,11-12H,6-8,10H2,1H3. The van der Waals surface area contributed by atoms with E-state index in [0.717, 1.165) is 31.4 Å². The molecule has 0 saturated carbocycles. The van der Waals surface area contributed by atoms with E-state index in [4.69, 9.17) is 4.74 Å². The normalized spacial score (nSPS) is 14.1. The smallest absolute Gasteiger partial charge is 0.122 e. The number of aryl methyl sites for hydroxylation is 4. The zero-order valence-corrected chi connectivity index (χ0v) is 10.8. The van der Waals surface area contributed by atoms with Crippen LogP contribution in [0.1, 0.15) is 22.3 Å². The quantitative estimate of drug-likeness (QED) is 0.738. The molecule has 1 nitrogen and oxygen atoms in total. The number of methoxy groups -OCH3 is 1. The first-order valence-electron chi connectivity index (χ1n) is 6.59. The molecule has 0 unspecified atom stereocenters. The van der Waals surface area contributed by atoms with Gasteiger partial charge in [0.05, 0.1) is 7.11 Å². The third-order valence-electron chi connectivity index (χ3n) is 3.76. The molecule has 4 aliphatic rings. The van der Waals surface area contributed by atoms with Gasteiger partial charge in [-0.1, -0.05) is 36.4 Å². The van der Waals surface area contributed by atoms with Gasteiger partial charge >= 0.3 is 0 Å². The lowest BCUT2D eigenvalue weighted by Gasteiger charge is -2.13. The second kappa shape index (κ2) is 4.85. The second-order valence-electron chi connectivity index (χ2n) is 4.96. The van der Waals surface area contributed by atoms with Gasteiger partial charge in [-0.15, -0.1) is 0 Å². The summed E-state index contributed by atoms with van der Waals surface area (Å²) in [4.78, 5) is 0. The Balaban J connectivity index is 2.00. The predicted octanol–water partition coefficient (Wildman–Crippen LogP) is 3.58. The number of hydrogen-bond donors (Lipinski definition) is 0. The molecule has 2 aromatic rings. The van der Waals surface area contributed by atoms with Gasteiger partial charge in [0.1, 0.15) is 5.75 Å². The Bertz CT molecular complexity index is 540. The molecule has 0 heterocycles. The monoisotopic (exact) mass is 238 g/mol. The van der Waals surface area contributed by atoms with Gasteiger partial charge in [0.2, 0.25) is 0 Å². The lowest BCUT2D eigenvalue weighted by Crippen LogP contribution is -2.00. The fourth-order valence-electron chi connectivity index (χ4n) is 2.59. The minimum Gasteiger partial charge on any atom is -0.496 e. The molecule has 18 heavy (non-hydrogen) atoms. The van der Waals surface area contributed by atoms with E-state index in [1.54, 1.807) is 7.11 Å². The molecule has 4 aliphatic carbocycles. The Morgan fingerprint density at radius 1 is 0.722 bits per heavy atom. The molecule has 0 N–H and O–H groups in total. The summed E-state index contributed by atoms with van der Waals surface area (Å²) >= 11 is 0. The SMILES string of the molecule is COc1cc2ccc1CCc1ccc(cc1)CC2. The van der Waals surface area contributed by atoms with Gasteiger partial charge in [-0.3, -0.25) is 0 Å². The van der Waals surface area contributed by atoms with E-state index in [9.17, 15) is 0 Å². The molecule has 0 fully saturated rings. The zero-order valence-electron chi connectivity index (χ0n) is 10.8. The molecule has 0 radical (unpaired) electrons. The van der Waals surface area contributed by atoms with Crippen molar-refractivity contribution >= 4 is 0 Å². The molecule has 2 aromatic carbocycles. The average Bonchev–Trinajstić information content (AvgIpc) is 2.41. The van der Waals surface area contributed by atoms with E-state index in [1.165, 1.54) is 22.3 Å². The lowest BCUT2D eigenvalue weighted by molar-refractivity contribution is 0.409. The summed E-state index contributed by atoms with van der Waals surface area (Å²) in [5, 5.41) is 0. The maximum Gasteiger partial charge on any atom is 0.122 e. The van der Waals surface area contributed by atoms with Crippen LogP contribution in [-0.2, 0) is 25.7 Å². The minimum atomic E-state index is 1.04. The summed E-state index contributed by atoms with van der Waals surface area (Å²) in [5.74, 6) is 1.04. The predicted molar refractivity (Wildman–Crippen MR) is 74.3 cm³/mol. The third-order valence-corrected chi connectivity index (χ3v) is 3.76. The highest BCUT2D eigenvalue weighted by Gasteiger charge is 2.07. The zero-order chi connectivity index (χ0) is 12.4. The third kappa shape index (κ3) is 2.26. The van der Waals surface area contributed by atoms with Crippen molar-refractivity contribution < 1.29 is 4.74 Å². The maximum absolute atomic E-state index is 5.51. The molecule has 0 aliphatic heterocycles. The number of benzene rings is 2.